The van der Waals surface area contributed by atoms with Crippen molar-refractivity contribution in [1.82, 2.24) is 5.06 Å². The van der Waals surface area contributed by atoms with E-state index in [0.29, 0.717) is 18.3 Å². The highest BCUT2D eigenvalue weighted by molar-refractivity contribution is 6.20. The molecule has 1 aromatic rings. The molecule has 0 bridgehead atoms. The smallest absolute Gasteiger partial charge is 0.333 e. The predicted molar refractivity (Wildman–Crippen MR) is 71.2 cm³/mol. The van der Waals surface area contributed by atoms with Crippen molar-refractivity contribution in [3.05, 3.63) is 35.4 Å². The number of amides is 2. The van der Waals surface area contributed by atoms with Crippen LogP contribution in [0.5, 0.6) is 0 Å². The molecular formula is C15H15NO5. The molecule has 6 heteroatoms. The normalized spacial score (nSPS) is 21.3. The summed E-state index contributed by atoms with van der Waals surface area (Å²) < 4.78 is 5.29. The van der Waals surface area contributed by atoms with Gasteiger partial charge in [0, 0.05) is 13.2 Å². The second-order valence-corrected chi connectivity index (χ2v) is 5.20. The van der Waals surface area contributed by atoms with Gasteiger partial charge in [-0.15, -0.1) is 0 Å². The maximum atomic E-state index is 12.0. The van der Waals surface area contributed by atoms with Crippen LogP contribution in [0, 0.1) is 5.92 Å². The van der Waals surface area contributed by atoms with Gasteiger partial charge in [0.2, 0.25) is 0 Å². The first kappa shape index (κ1) is 13.8. The number of fused-ring (bicyclic) bond motifs is 1. The van der Waals surface area contributed by atoms with E-state index in [1.807, 2.05) is 0 Å². The number of carbonyl (C=O) groups excluding carboxylic acids is 3. The first-order valence-corrected chi connectivity index (χ1v) is 6.93. The van der Waals surface area contributed by atoms with Crippen LogP contribution in [0.1, 0.15) is 40.0 Å². The van der Waals surface area contributed by atoms with Gasteiger partial charge < -0.3 is 9.57 Å². The third-order valence-corrected chi connectivity index (χ3v) is 3.66. The molecule has 1 atom stereocenters. The van der Waals surface area contributed by atoms with E-state index in [2.05, 4.69) is 0 Å². The van der Waals surface area contributed by atoms with Crippen molar-refractivity contribution in [1.29, 1.82) is 0 Å². The lowest BCUT2D eigenvalue weighted by atomic mass is 9.99. The van der Waals surface area contributed by atoms with Crippen LogP contribution in [-0.2, 0) is 14.4 Å². The number of hydrogen-bond acceptors (Lipinski definition) is 5. The van der Waals surface area contributed by atoms with Crippen LogP contribution < -0.4 is 0 Å². The number of carbonyl (C=O) groups is 3. The summed E-state index contributed by atoms with van der Waals surface area (Å²) in [4.78, 5) is 40.9. The van der Waals surface area contributed by atoms with Crippen molar-refractivity contribution in [3.8, 4) is 0 Å². The first-order valence-electron chi connectivity index (χ1n) is 6.93. The molecular weight excluding hydrogens is 274 g/mol. The van der Waals surface area contributed by atoms with Gasteiger partial charge in [0.25, 0.3) is 11.8 Å². The Morgan fingerprint density at radius 2 is 1.90 bits per heavy atom. The van der Waals surface area contributed by atoms with Crippen molar-refractivity contribution in [3.63, 3.8) is 0 Å². The zero-order chi connectivity index (χ0) is 14.8. The number of imide groups is 1. The van der Waals surface area contributed by atoms with Crippen molar-refractivity contribution in [2.24, 2.45) is 5.92 Å². The molecule has 2 aliphatic heterocycles. The molecule has 0 N–H and O–H groups in total. The largest absolute Gasteiger partial charge is 0.381 e. The van der Waals surface area contributed by atoms with Crippen molar-refractivity contribution in [2.75, 3.05) is 13.2 Å². The highest BCUT2D eigenvalue weighted by Gasteiger charge is 2.38. The molecule has 2 heterocycles. The third kappa shape index (κ3) is 2.67. The van der Waals surface area contributed by atoms with Gasteiger partial charge in [0.1, 0.15) is 0 Å². The van der Waals surface area contributed by atoms with E-state index in [0.717, 1.165) is 12.8 Å². The van der Waals surface area contributed by atoms with Crippen LogP contribution in [0.3, 0.4) is 0 Å². The van der Waals surface area contributed by atoms with Crippen molar-refractivity contribution in [2.45, 2.75) is 19.3 Å². The molecule has 110 valence electrons. The SMILES string of the molecule is O=C(CC1CCCOC1)ON1C(=O)c2ccccc2C1=O. The Hall–Kier alpha value is -2.21. The van der Waals surface area contributed by atoms with Crippen LogP contribution in [-0.4, -0.2) is 36.1 Å². The van der Waals surface area contributed by atoms with E-state index in [-0.39, 0.29) is 23.5 Å². The summed E-state index contributed by atoms with van der Waals surface area (Å²) in [5, 5.41) is 0.552. The lowest BCUT2D eigenvalue weighted by Crippen LogP contribution is -2.34. The second-order valence-electron chi connectivity index (χ2n) is 5.20. The summed E-state index contributed by atoms with van der Waals surface area (Å²) in [5.41, 5.74) is 0.521. The van der Waals surface area contributed by atoms with Gasteiger partial charge >= 0.3 is 5.97 Å². The fraction of sp³-hybridized carbons (Fsp3) is 0.400. The van der Waals surface area contributed by atoms with Gasteiger partial charge in [-0.2, -0.15) is 0 Å². The molecule has 0 radical (unpaired) electrons. The minimum absolute atomic E-state index is 0.0847. The Bertz CT molecular complexity index is 556. The topological polar surface area (TPSA) is 72.9 Å². The van der Waals surface area contributed by atoms with Gasteiger partial charge in [-0.1, -0.05) is 17.2 Å². The summed E-state index contributed by atoms with van der Waals surface area (Å²) in [6.45, 7) is 1.22. The average molecular weight is 289 g/mol. The summed E-state index contributed by atoms with van der Waals surface area (Å²) in [6, 6.07) is 6.40. The first-order chi connectivity index (χ1) is 10.2. The van der Waals surface area contributed by atoms with Crippen LogP contribution >= 0.6 is 0 Å². The van der Waals surface area contributed by atoms with Gasteiger partial charge in [-0.3, -0.25) is 9.59 Å². The molecule has 0 aromatic heterocycles. The van der Waals surface area contributed by atoms with E-state index < -0.39 is 17.8 Å². The van der Waals surface area contributed by atoms with Crippen LogP contribution in [0.15, 0.2) is 24.3 Å². The van der Waals surface area contributed by atoms with E-state index in [9.17, 15) is 14.4 Å². The van der Waals surface area contributed by atoms with E-state index in [1.165, 1.54) is 0 Å². The molecule has 0 spiro atoms. The Morgan fingerprint density at radius 3 is 2.48 bits per heavy atom. The minimum Gasteiger partial charge on any atom is -0.381 e. The molecule has 6 nitrogen and oxygen atoms in total. The molecule has 21 heavy (non-hydrogen) atoms. The lowest BCUT2D eigenvalue weighted by molar-refractivity contribution is -0.170. The average Bonchev–Trinajstić information content (AvgIpc) is 2.74. The molecule has 1 aromatic carbocycles. The van der Waals surface area contributed by atoms with Gasteiger partial charge in [0.05, 0.1) is 17.5 Å². The number of benzene rings is 1. The summed E-state index contributed by atoms with van der Waals surface area (Å²) in [5.74, 6) is -1.69. The van der Waals surface area contributed by atoms with Crippen LogP contribution in [0.4, 0.5) is 0 Å². The predicted octanol–water partition coefficient (Wildman–Crippen LogP) is 1.56. The van der Waals surface area contributed by atoms with Crippen LogP contribution in [0.25, 0.3) is 0 Å². The Labute approximate surface area is 121 Å². The molecule has 2 amide bonds. The Balaban J connectivity index is 1.64. The molecule has 2 aliphatic rings. The maximum absolute atomic E-state index is 12.0. The molecule has 1 unspecified atom stereocenters. The van der Waals surface area contributed by atoms with Gasteiger partial charge in [0.15, 0.2) is 0 Å². The fourth-order valence-corrected chi connectivity index (χ4v) is 2.59. The van der Waals surface area contributed by atoms with Gasteiger partial charge in [-0.05, 0) is 30.9 Å². The van der Waals surface area contributed by atoms with Crippen molar-refractivity contribution < 1.29 is 24.0 Å². The second kappa shape index (κ2) is 5.65. The number of rotatable bonds is 3. The molecule has 1 fully saturated rings. The number of ether oxygens (including phenoxy) is 1. The van der Waals surface area contributed by atoms with Crippen LogP contribution in [0.2, 0.25) is 0 Å². The number of hydroxylamine groups is 2. The third-order valence-electron chi connectivity index (χ3n) is 3.66. The fourth-order valence-electron chi connectivity index (χ4n) is 2.59. The quantitative estimate of drug-likeness (QED) is 0.789. The standard InChI is InChI=1S/C15H15NO5/c17-13(8-10-4-3-7-20-9-10)21-16-14(18)11-5-1-2-6-12(11)15(16)19/h1-2,5-6,10H,3-4,7-9H2. The zero-order valence-electron chi connectivity index (χ0n) is 11.4. The summed E-state index contributed by atoms with van der Waals surface area (Å²) in [7, 11) is 0. The summed E-state index contributed by atoms with van der Waals surface area (Å²) in [6.07, 6.45) is 1.94. The van der Waals surface area contributed by atoms with E-state index in [4.69, 9.17) is 9.57 Å². The lowest BCUT2D eigenvalue weighted by Gasteiger charge is -2.21. The molecule has 3 rings (SSSR count). The van der Waals surface area contributed by atoms with E-state index >= 15 is 0 Å². The minimum atomic E-state index is -0.594. The monoisotopic (exact) mass is 289 g/mol. The zero-order valence-corrected chi connectivity index (χ0v) is 11.4. The maximum Gasteiger partial charge on any atom is 0.333 e. The highest BCUT2D eigenvalue weighted by atomic mass is 16.7. The number of nitrogens with zero attached hydrogens (tertiary/aromatic N) is 1. The van der Waals surface area contributed by atoms with E-state index in [1.54, 1.807) is 24.3 Å². The van der Waals surface area contributed by atoms with Crippen molar-refractivity contribution >= 4 is 17.8 Å². The van der Waals surface area contributed by atoms with Gasteiger partial charge in [-0.25, -0.2) is 4.79 Å². The summed E-state index contributed by atoms with van der Waals surface area (Å²) >= 11 is 0. The molecule has 0 saturated carbocycles. The Morgan fingerprint density at radius 1 is 1.24 bits per heavy atom. The number of hydrogen-bond donors (Lipinski definition) is 0. The molecule has 0 aliphatic carbocycles. The highest BCUT2D eigenvalue weighted by Crippen LogP contribution is 2.24. The molecule has 1 saturated heterocycles. The Kier molecular flexibility index (Phi) is 3.70.